The third-order valence-corrected chi connectivity index (χ3v) is 9.27. The fraction of sp³-hybridized carbons (Fsp3) is 0. The Hall–Kier alpha value is -5.41. The molecule has 0 atom stereocenters. The lowest BCUT2D eigenvalue weighted by molar-refractivity contribution is 0.595. The van der Waals surface area contributed by atoms with E-state index in [4.69, 9.17) is 17.2 Å². The first-order chi connectivity index (χ1) is 20.5. The van der Waals surface area contributed by atoms with Crippen LogP contribution in [0.4, 0.5) is 0 Å². The average Bonchev–Trinajstić information content (AvgIpc) is 3.05. The highest BCUT2D eigenvalue weighted by atomic mass is 32.2. The zero-order valence-electron chi connectivity index (χ0n) is 22.0. The lowest BCUT2D eigenvalue weighted by Gasteiger charge is -2.21. The van der Waals surface area contributed by atoms with E-state index in [2.05, 4.69) is 12.1 Å². The van der Waals surface area contributed by atoms with Gasteiger partial charge in [-0.2, -0.15) is 10.5 Å². The summed E-state index contributed by atoms with van der Waals surface area (Å²) in [6.07, 6.45) is 0. The van der Waals surface area contributed by atoms with Crippen LogP contribution in [0, 0.1) is 27.3 Å². The Morgan fingerprint density at radius 2 is 1.12 bits per heavy atom. The Bertz CT molecular complexity index is 2220. The molecule has 0 aliphatic heterocycles. The standard InChI is InChI=1S/C34H20N4O2S2/c35-21-27-29(23-13-5-1-6-14-23)32(42(39,40)26-19-11-4-12-20-26)34(41)38-31(25-17-9-3-10-18-25)28(22-36)30(37-33(27)38)24-15-7-2-8-16-24/h1-20H. The molecule has 0 amide bonds. The molecule has 6 aromatic rings. The van der Waals surface area contributed by atoms with Crippen LogP contribution >= 0.6 is 12.2 Å². The maximum Gasteiger partial charge on any atom is 0.210 e. The molecule has 0 fully saturated rings. The van der Waals surface area contributed by atoms with Gasteiger partial charge in [-0.05, 0) is 17.7 Å². The molecule has 0 saturated heterocycles. The van der Waals surface area contributed by atoms with Crippen LogP contribution in [0.2, 0.25) is 0 Å². The lowest BCUT2D eigenvalue weighted by Crippen LogP contribution is -2.14. The van der Waals surface area contributed by atoms with Crippen LogP contribution in [0.25, 0.3) is 39.3 Å². The second-order valence-corrected chi connectivity index (χ2v) is 11.6. The minimum Gasteiger partial charge on any atom is -0.281 e. The fourth-order valence-corrected chi connectivity index (χ4v) is 7.24. The van der Waals surface area contributed by atoms with Gasteiger partial charge >= 0.3 is 0 Å². The highest BCUT2D eigenvalue weighted by Crippen LogP contribution is 2.40. The number of hydrogen-bond acceptors (Lipinski definition) is 6. The van der Waals surface area contributed by atoms with Crippen molar-refractivity contribution in [3.8, 4) is 45.8 Å². The molecule has 200 valence electrons. The van der Waals surface area contributed by atoms with Crippen LogP contribution in [0.15, 0.2) is 131 Å². The highest BCUT2D eigenvalue weighted by molar-refractivity contribution is 7.92. The van der Waals surface area contributed by atoms with Crippen LogP contribution < -0.4 is 0 Å². The molecule has 0 radical (unpaired) electrons. The van der Waals surface area contributed by atoms with Crippen molar-refractivity contribution in [2.75, 3.05) is 0 Å². The van der Waals surface area contributed by atoms with Crippen molar-refractivity contribution in [2.45, 2.75) is 9.79 Å². The molecule has 0 bridgehead atoms. The van der Waals surface area contributed by atoms with Crippen molar-refractivity contribution >= 4 is 27.7 Å². The Morgan fingerprint density at radius 3 is 1.64 bits per heavy atom. The minimum atomic E-state index is -4.24. The zero-order valence-corrected chi connectivity index (χ0v) is 23.6. The second-order valence-electron chi connectivity index (χ2n) is 9.37. The second kappa shape index (κ2) is 10.9. The lowest BCUT2D eigenvalue weighted by atomic mass is 9.98. The molecular weight excluding hydrogens is 561 g/mol. The molecule has 0 unspecified atom stereocenters. The third-order valence-electron chi connectivity index (χ3n) is 6.93. The molecule has 0 aliphatic rings. The van der Waals surface area contributed by atoms with Crippen LogP contribution in [-0.2, 0) is 9.84 Å². The summed E-state index contributed by atoms with van der Waals surface area (Å²) < 4.78 is 30.1. The topological polar surface area (TPSA) is 99.0 Å². The Morgan fingerprint density at radius 1 is 0.643 bits per heavy atom. The van der Waals surface area contributed by atoms with Crippen LogP contribution in [-0.4, -0.2) is 17.8 Å². The van der Waals surface area contributed by atoms with E-state index in [0.29, 0.717) is 28.1 Å². The van der Waals surface area contributed by atoms with Gasteiger partial charge in [0.15, 0.2) is 5.65 Å². The Kier molecular flexibility index (Phi) is 6.93. The first-order valence-electron chi connectivity index (χ1n) is 12.9. The molecule has 0 saturated carbocycles. The predicted molar refractivity (Wildman–Crippen MR) is 164 cm³/mol. The number of benzene rings is 4. The summed E-state index contributed by atoms with van der Waals surface area (Å²) in [6, 6.07) is 39.7. The molecule has 6 rings (SSSR count). The molecule has 2 heterocycles. The van der Waals surface area contributed by atoms with Gasteiger partial charge in [0.1, 0.15) is 32.8 Å². The summed E-state index contributed by atoms with van der Waals surface area (Å²) in [4.78, 5) is 4.71. The van der Waals surface area contributed by atoms with Crippen LogP contribution in [0.1, 0.15) is 11.1 Å². The number of sulfone groups is 1. The van der Waals surface area contributed by atoms with E-state index in [9.17, 15) is 18.9 Å². The van der Waals surface area contributed by atoms with E-state index < -0.39 is 9.84 Å². The summed E-state index contributed by atoms with van der Waals surface area (Å²) >= 11 is 6.02. The van der Waals surface area contributed by atoms with E-state index in [1.54, 1.807) is 42.5 Å². The summed E-state index contributed by atoms with van der Waals surface area (Å²) in [5.74, 6) is 0. The van der Waals surface area contributed by atoms with Gasteiger partial charge in [0.2, 0.25) is 9.84 Å². The van der Waals surface area contributed by atoms with Gasteiger partial charge < -0.3 is 0 Å². The molecule has 6 nitrogen and oxygen atoms in total. The maximum absolute atomic E-state index is 14.4. The van der Waals surface area contributed by atoms with Crippen LogP contribution in [0.5, 0.6) is 0 Å². The Labute approximate surface area is 248 Å². The normalized spacial score (nSPS) is 11.1. The van der Waals surface area contributed by atoms with Crippen molar-refractivity contribution in [3.63, 3.8) is 0 Å². The minimum absolute atomic E-state index is 0.0307. The molecule has 4 aromatic carbocycles. The first kappa shape index (κ1) is 26.8. The maximum atomic E-state index is 14.4. The Balaban J connectivity index is 1.92. The van der Waals surface area contributed by atoms with Gasteiger partial charge in [0, 0.05) is 16.7 Å². The van der Waals surface area contributed by atoms with Gasteiger partial charge in [0.25, 0.3) is 0 Å². The number of nitriles is 2. The van der Waals surface area contributed by atoms with E-state index in [1.807, 2.05) is 66.7 Å². The van der Waals surface area contributed by atoms with E-state index >= 15 is 0 Å². The number of fused-ring (bicyclic) bond motifs is 1. The number of rotatable bonds is 5. The van der Waals surface area contributed by atoms with Crippen molar-refractivity contribution < 1.29 is 8.42 Å². The van der Waals surface area contributed by atoms with Gasteiger partial charge in [-0.15, -0.1) is 0 Å². The average molecular weight is 581 g/mol. The highest BCUT2D eigenvalue weighted by Gasteiger charge is 2.31. The summed E-state index contributed by atoms with van der Waals surface area (Å²) in [5, 5.41) is 21.2. The number of aromatic nitrogens is 2. The first-order valence-corrected chi connectivity index (χ1v) is 14.8. The fourth-order valence-electron chi connectivity index (χ4n) is 5.07. The number of hydrogen-bond donors (Lipinski definition) is 0. The molecular formula is C34H20N4O2S2. The quantitative estimate of drug-likeness (QED) is 0.194. The van der Waals surface area contributed by atoms with Crippen molar-refractivity contribution in [2.24, 2.45) is 0 Å². The number of nitrogens with zero attached hydrogens (tertiary/aromatic N) is 4. The van der Waals surface area contributed by atoms with E-state index in [-0.39, 0.29) is 36.8 Å². The zero-order chi connectivity index (χ0) is 29.3. The summed E-state index contributed by atoms with van der Waals surface area (Å²) in [6.45, 7) is 0. The molecule has 2 aromatic heterocycles. The van der Waals surface area contributed by atoms with Crippen molar-refractivity contribution in [3.05, 3.63) is 137 Å². The van der Waals surface area contributed by atoms with Crippen molar-refractivity contribution in [1.29, 1.82) is 10.5 Å². The van der Waals surface area contributed by atoms with Gasteiger partial charge in [-0.25, -0.2) is 13.4 Å². The van der Waals surface area contributed by atoms with E-state index in [1.165, 1.54) is 16.5 Å². The molecule has 8 heteroatoms. The van der Waals surface area contributed by atoms with Gasteiger partial charge in [-0.1, -0.05) is 121 Å². The van der Waals surface area contributed by atoms with Gasteiger partial charge in [0.05, 0.1) is 16.3 Å². The predicted octanol–water partition coefficient (Wildman–Crippen LogP) is 7.64. The SMILES string of the molecule is N#Cc1c(-c2ccccc2)nc2c(C#N)c(-c3ccccc3)c(S(=O)(=O)c3ccccc3)c(=S)n2c1-c1ccccc1. The third kappa shape index (κ3) is 4.36. The molecule has 42 heavy (non-hydrogen) atoms. The molecule has 0 N–H and O–H groups in total. The van der Waals surface area contributed by atoms with Crippen LogP contribution in [0.3, 0.4) is 0 Å². The van der Waals surface area contributed by atoms with E-state index in [0.717, 1.165) is 0 Å². The molecule has 0 spiro atoms. The largest absolute Gasteiger partial charge is 0.281 e. The van der Waals surface area contributed by atoms with Gasteiger partial charge in [-0.3, -0.25) is 4.40 Å². The summed E-state index contributed by atoms with van der Waals surface area (Å²) in [5.41, 5.74) is 3.07. The molecule has 0 aliphatic carbocycles. The summed E-state index contributed by atoms with van der Waals surface area (Å²) in [7, 11) is -4.24. The van der Waals surface area contributed by atoms with Crippen molar-refractivity contribution in [1.82, 2.24) is 9.38 Å². The number of pyridine rings is 1. The smallest absolute Gasteiger partial charge is 0.210 e. The monoisotopic (exact) mass is 580 g/mol.